The molecule has 1 saturated carbocycles. The molecule has 2 saturated heterocycles. The van der Waals surface area contributed by atoms with E-state index in [2.05, 4.69) is 21.6 Å². The molecule has 0 spiro atoms. The number of fused-ring (bicyclic) bond motifs is 1. The van der Waals surface area contributed by atoms with Crippen LogP contribution in [0.4, 0.5) is 5.82 Å². The lowest BCUT2D eigenvalue weighted by atomic mass is 9.99. The van der Waals surface area contributed by atoms with Gasteiger partial charge in [0.15, 0.2) is 5.82 Å². The summed E-state index contributed by atoms with van der Waals surface area (Å²) in [5.74, 6) is 3.18. The Labute approximate surface area is 174 Å². The molecule has 1 amide bonds. The fourth-order valence-electron chi connectivity index (χ4n) is 5.37. The molecule has 0 aromatic carbocycles. The molecule has 29 heavy (non-hydrogen) atoms. The molecule has 3 aliphatic heterocycles. The van der Waals surface area contributed by atoms with Crippen molar-refractivity contribution in [2.24, 2.45) is 5.92 Å². The number of nitrogens with zero attached hydrogens (tertiary/aromatic N) is 5. The lowest BCUT2D eigenvalue weighted by Crippen LogP contribution is -2.44. The van der Waals surface area contributed by atoms with Gasteiger partial charge in [0.2, 0.25) is 5.91 Å². The molecule has 6 heteroatoms. The summed E-state index contributed by atoms with van der Waals surface area (Å²) in [5, 5.41) is 0. The van der Waals surface area contributed by atoms with Gasteiger partial charge in [-0.15, -0.1) is 0 Å². The minimum Gasteiger partial charge on any atom is -0.356 e. The second-order valence-corrected chi connectivity index (χ2v) is 9.54. The quantitative estimate of drug-likeness (QED) is 0.764. The second-order valence-electron chi connectivity index (χ2n) is 9.54. The summed E-state index contributed by atoms with van der Waals surface area (Å²) in [6.07, 6.45) is 10.7. The predicted molar refractivity (Wildman–Crippen MR) is 114 cm³/mol. The van der Waals surface area contributed by atoms with Gasteiger partial charge in [-0.1, -0.05) is 0 Å². The van der Waals surface area contributed by atoms with Gasteiger partial charge in [-0.25, -0.2) is 9.97 Å². The van der Waals surface area contributed by atoms with Crippen molar-refractivity contribution in [2.75, 3.05) is 44.2 Å². The van der Waals surface area contributed by atoms with Gasteiger partial charge in [0.05, 0.1) is 12.6 Å². The van der Waals surface area contributed by atoms with Gasteiger partial charge in [-0.05, 0) is 83.7 Å². The van der Waals surface area contributed by atoms with Crippen LogP contribution < -0.4 is 4.90 Å². The highest BCUT2D eigenvalue weighted by Crippen LogP contribution is 2.36. The van der Waals surface area contributed by atoms with Crippen molar-refractivity contribution in [3.8, 4) is 0 Å². The highest BCUT2D eigenvalue weighted by atomic mass is 16.2. The number of hydrogen-bond donors (Lipinski definition) is 0. The third-order valence-electron chi connectivity index (χ3n) is 7.22. The van der Waals surface area contributed by atoms with Crippen molar-refractivity contribution in [1.29, 1.82) is 0 Å². The summed E-state index contributed by atoms with van der Waals surface area (Å²) < 4.78 is 0. The van der Waals surface area contributed by atoms with Crippen LogP contribution in [0.5, 0.6) is 0 Å². The predicted octanol–water partition coefficient (Wildman–Crippen LogP) is 3.10. The first-order valence-corrected chi connectivity index (χ1v) is 11.8. The molecule has 1 atom stereocenters. The number of aryl methyl sites for hydroxylation is 1. The molecule has 3 fully saturated rings. The zero-order valence-corrected chi connectivity index (χ0v) is 17.9. The maximum absolute atomic E-state index is 13.1. The smallest absolute Gasteiger partial charge is 0.237 e. The van der Waals surface area contributed by atoms with Gasteiger partial charge in [-0.3, -0.25) is 9.69 Å². The first-order chi connectivity index (χ1) is 14.2. The van der Waals surface area contributed by atoms with Crippen LogP contribution >= 0.6 is 0 Å². The maximum atomic E-state index is 13.1. The number of carbonyl (C=O) groups excluding carboxylic acids is 1. The summed E-state index contributed by atoms with van der Waals surface area (Å²) in [7, 11) is 0. The first kappa shape index (κ1) is 19.3. The molecule has 6 nitrogen and oxygen atoms in total. The van der Waals surface area contributed by atoms with Crippen LogP contribution in [-0.4, -0.2) is 64.9 Å². The van der Waals surface area contributed by atoms with Crippen LogP contribution in [-0.2, 0) is 11.2 Å². The SMILES string of the molecule is Cc1nc(C2CCCCN2C(=O)CN2CCCC2)nc2c1CCCN2CC1CC1. The average Bonchev–Trinajstić information content (AvgIpc) is 3.41. The van der Waals surface area contributed by atoms with E-state index in [1.54, 1.807) is 0 Å². The molecule has 1 unspecified atom stereocenters. The van der Waals surface area contributed by atoms with E-state index in [4.69, 9.17) is 9.97 Å². The van der Waals surface area contributed by atoms with Crippen molar-refractivity contribution in [2.45, 2.75) is 70.8 Å². The molecular weight excluding hydrogens is 362 g/mol. The Morgan fingerprint density at radius 1 is 0.966 bits per heavy atom. The second kappa shape index (κ2) is 8.21. The Hall–Kier alpha value is -1.69. The van der Waals surface area contributed by atoms with E-state index < -0.39 is 0 Å². The summed E-state index contributed by atoms with van der Waals surface area (Å²) in [5.41, 5.74) is 2.47. The fourth-order valence-corrected chi connectivity index (χ4v) is 5.37. The van der Waals surface area contributed by atoms with E-state index in [1.165, 1.54) is 43.5 Å². The van der Waals surface area contributed by atoms with Gasteiger partial charge >= 0.3 is 0 Å². The van der Waals surface area contributed by atoms with Crippen LogP contribution in [0.15, 0.2) is 0 Å². The van der Waals surface area contributed by atoms with Crippen molar-refractivity contribution < 1.29 is 4.79 Å². The molecule has 0 bridgehead atoms. The van der Waals surface area contributed by atoms with E-state index in [0.717, 1.165) is 75.8 Å². The number of amides is 1. The Morgan fingerprint density at radius 3 is 2.55 bits per heavy atom. The number of carbonyl (C=O) groups is 1. The number of rotatable bonds is 5. The van der Waals surface area contributed by atoms with Crippen molar-refractivity contribution in [3.05, 3.63) is 17.1 Å². The molecule has 1 aliphatic carbocycles. The van der Waals surface area contributed by atoms with E-state index >= 15 is 0 Å². The highest BCUT2D eigenvalue weighted by molar-refractivity contribution is 5.79. The monoisotopic (exact) mass is 397 g/mol. The minimum atomic E-state index is 0.0487. The van der Waals surface area contributed by atoms with Gasteiger partial charge in [0.25, 0.3) is 0 Å². The third-order valence-corrected chi connectivity index (χ3v) is 7.22. The Bertz CT molecular complexity index is 756. The molecule has 5 rings (SSSR count). The van der Waals surface area contributed by atoms with Crippen LogP contribution in [0.25, 0.3) is 0 Å². The van der Waals surface area contributed by atoms with Crippen molar-refractivity contribution in [3.63, 3.8) is 0 Å². The molecule has 0 N–H and O–H groups in total. The summed E-state index contributed by atoms with van der Waals surface area (Å²) in [6, 6.07) is 0.0487. The molecule has 4 aliphatic rings. The first-order valence-electron chi connectivity index (χ1n) is 11.8. The number of piperidine rings is 1. The summed E-state index contributed by atoms with van der Waals surface area (Å²) in [6.45, 7) is 7.94. The van der Waals surface area contributed by atoms with Gasteiger partial charge < -0.3 is 9.80 Å². The third kappa shape index (κ3) is 4.14. The van der Waals surface area contributed by atoms with Gasteiger partial charge in [0.1, 0.15) is 5.82 Å². The van der Waals surface area contributed by atoms with Crippen molar-refractivity contribution in [1.82, 2.24) is 19.8 Å². The Morgan fingerprint density at radius 2 is 1.76 bits per heavy atom. The average molecular weight is 398 g/mol. The van der Waals surface area contributed by atoms with E-state index in [9.17, 15) is 4.79 Å². The topological polar surface area (TPSA) is 52.6 Å². The van der Waals surface area contributed by atoms with Gasteiger partial charge in [-0.2, -0.15) is 0 Å². The lowest BCUT2D eigenvalue weighted by Gasteiger charge is -2.37. The highest BCUT2D eigenvalue weighted by Gasteiger charge is 2.34. The number of hydrogen-bond acceptors (Lipinski definition) is 5. The maximum Gasteiger partial charge on any atom is 0.237 e. The Balaban J connectivity index is 1.40. The lowest BCUT2D eigenvalue weighted by molar-refractivity contribution is -0.136. The summed E-state index contributed by atoms with van der Waals surface area (Å²) >= 11 is 0. The van der Waals surface area contributed by atoms with Crippen LogP contribution in [0.1, 0.15) is 74.5 Å². The molecular formula is C23H35N5O. The standard InChI is InChI=1S/C23H35N5O/c1-17-19-7-6-13-27(15-18-9-10-18)23(19)25-22(24-17)20-8-2-3-14-28(20)21(29)16-26-11-4-5-12-26/h18,20H,2-16H2,1H3. The summed E-state index contributed by atoms with van der Waals surface area (Å²) in [4.78, 5) is 30.2. The van der Waals surface area contributed by atoms with Crippen LogP contribution in [0.2, 0.25) is 0 Å². The minimum absolute atomic E-state index is 0.0487. The molecule has 158 valence electrons. The van der Waals surface area contributed by atoms with Crippen molar-refractivity contribution >= 4 is 11.7 Å². The van der Waals surface area contributed by atoms with Crippen LogP contribution in [0, 0.1) is 12.8 Å². The zero-order chi connectivity index (χ0) is 19.8. The van der Waals surface area contributed by atoms with Gasteiger partial charge in [0, 0.05) is 30.9 Å². The molecule has 1 aromatic rings. The van der Waals surface area contributed by atoms with E-state index in [-0.39, 0.29) is 11.9 Å². The molecule has 1 aromatic heterocycles. The number of aromatic nitrogens is 2. The number of likely N-dealkylation sites (tertiary alicyclic amines) is 2. The normalized spacial score (nSPS) is 25.3. The largest absolute Gasteiger partial charge is 0.356 e. The molecule has 4 heterocycles. The molecule has 0 radical (unpaired) electrons. The fraction of sp³-hybridized carbons (Fsp3) is 0.783. The number of anilines is 1. The Kier molecular flexibility index (Phi) is 5.46. The zero-order valence-electron chi connectivity index (χ0n) is 17.9. The van der Waals surface area contributed by atoms with E-state index in [1.807, 2.05) is 0 Å². The van der Waals surface area contributed by atoms with Crippen LogP contribution in [0.3, 0.4) is 0 Å². The van der Waals surface area contributed by atoms with E-state index in [0.29, 0.717) is 6.54 Å².